The summed E-state index contributed by atoms with van der Waals surface area (Å²) in [5, 5.41) is 9.46. The molecule has 0 radical (unpaired) electrons. The van der Waals surface area contributed by atoms with Gasteiger partial charge in [0.15, 0.2) is 0 Å². The summed E-state index contributed by atoms with van der Waals surface area (Å²) < 4.78 is 11.7. The fraction of sp³-hybridized carbons (Fsp3) is 0.389. The summed E-state index contributed by atoms with van der Waals surface area (Å²) in [7, 11) is 2.07. The van der Waals surface area contributed by atoms with Crippen LogP contribution in [0.4, 0.5) is 0 Å². The van der Waals surface area contributed by atoms with Gasteiger partial charge in [-0.3, -0.25) is 4.98 Å². The van der Waals surface area contributed by atoms with Crippen molar-refractivity contribution in [3.63, 3.8) is 0 Å². The minimum absolute atomic E-state index is 0.158. The van der Waals surface area contributed by atoms with Crippen LogP contribution < -0.4 is 0 Å². The molecule has 6 nitrogen and oxygen atoms in total. The first-order chi connectivity index (χ1) is 11.7. The van der Waals surface area contributed by atoms with Crippen molar-refractivity contribution in [2.45, 2.75) is 25.6 Å². The molecule has 0 bridgehead atoms. The fourth-order valence-corrected chi connectivity index (χ4v) is 3.16. The van der Waals surface area contributed by atoms with Gasteiger partial charge in [-0.2, -0.15) is 0 Å². The van der Waals surface area contributed by atoms with Crippen LogP contribution in [0.3, 0.4) is 0 Å². The second-order valence-electron chi connectivity index (χ2n) is 6.40. The van der Waals surface area contributed by atoms with E-state index in [4.69, 9.17) is 9.15 Å². The molecule has 1 aromatic carbocycles. The Bertz CT molecular complexity index is 838. The SMILES string of the molecule is C[C@@H]1CN(C)C[C@H](c2nnc(Cc3cnc4ccccc4c3)o2)O1. The van der Waals surface area contributed by atoms with Crippen molar-refractivity contribution in [2.75, 3.05) is 20.1 Å². The summed E-state index contributed by atoms with van der Waals surface area (Å²) in [6, 6.07) is 10.2. The molecule has 1 aliphatic heterocycles. The molecule has 2 aromatic heterocycles. The van der Waals surface area contributed by atoms with Gasteiger partial charge < -0.3 is 14.1 Å². The zero-order chi connectivity index (χ0) is 16.5. The van der Waals surface area contributed by atoms with E-state index in [1.165, 1.54) is 0 Å². The molecule has 1 aliphatic rings. The highest BCUT2D eigenvalue weighted by Gasteiger charge is 2.28. The fourth-order valence-electron chi connectivity index (χ4n) is 3.16. The molecule has 2 atom stereocenters. The van der Waals surface area contributed by atoms with Crippen molar-refractivity contribution >= 4 is 10.9 Å². The van der Waals surface area contributed by atoms with Crippen molar-refractivity contribution in [2.24, 2.45) is 0 Å². The third-order valence-electron chi connectivity index (χ3n) is 4.20. The van der Waals surface area contributed by atoms with Gasteiger partial charge in [0.2, 0.25) is 11.8 Å². The van der Waals surface area contributed by atoms with Crippen LogP contribution in [-0.4, -0.2) is 46.3 Å². The van der Waals surface area contributed by atoms with E-state index in [2.05, 4.69) is 46.2 Å². The molecular weight excluding hydrogens is 304 g/mol. The molecule has 1 fully saturated rings. The highest BCUT2D eigenvalue weighted by atomic mass is 16.5. The lowest BCUT2D eigenvalue weighted by Crippen LogP contribution is -2.40. The van der Waals surface area contributed by atoms with Gasteiger partial charge in [-0.05, 0) is 31.7 Å². The Balaban J connectivity index is 1.52. The normalized spacial score (nSPS) is 22.1. The van der Waals surface area contributed by atoms with Crippen molar-refractivity contribution < 1.29 is 9.15 Å². The van der Waals surface area contributed by atoms with Gasteiger partial charge in [0.05, 0.1) is 18.0 Å². The molecule has 0 saturated carbocycles. The summed E-state index contributed by atoms with van der Waals surface area (Å²) >= 11 is 0. The Morgan fingerprint density at radius 3 is 2.96 bits per heavy atom. The molecule has 3 aromatic rings. The van der Waals surface area contributed by atoms with E-state index in [0.29, 0.717) is 18.2 Å². The highest BCUT2D eigenvalue weighted by molar-refractivity contribution is 5.78. The standard InChI is InChI=1S/C18H20N4O2/c1-12-10-22(2)11-16(23-12)18-21-20-17(24-18)8-13-7-14-5-3-4-6-15(14)19-9-13/h3-7,9,12,16H,8,10-11H2,1-2H3/t12-,16-/m1/s1. The number of fused-ring (bicyclic) bond motifs is 1. The van der Waals surface area contributed by atoms with Crippen LogP contribution in [-0.2, 0) is 11.2 Å². The Labute approximate surface area is 140 Å². The molecule has 0 amide bonds. The van der Waals surface area contributed by atoms with Crippen LogP contribution in [0.5, 0.6) is 0 Å². The molecule has 6 heteroatoms. The van der Waals surface area contributed by atoms with Gasteiger partial charge in [-0.1, -0.05) is 18.2 Å². The predicted octanol–water partition coefficient (Wildman–Crippen LogP) is 2.60. The number of nitrogens with zero attached hydrogens (tertiary/aromatic N) is 4. The zero-order valence-corrected chi connectivity index (χ0v) is 13.8. The zero-order valence-electron chi connectivity index (χ0n) is 13.8. The van der Waals surface area contributed by atoms with E-state index in [-0.39, 0.29) is 12.2 Å². The second-order valence-corrected chi connectivity index (χ2v) is 6.40. The van der Waals surface area contributed by atoms with Gasteiger partial charge in [0, 0.05) is 24.7 Å². The van der Waals surface area contributed by atoms with Gasteiger partial charge in [0.1, 0.15) is 6.10 Å². The third kappa shape index (κ3) is 3.16. The number of hydrogen-bond donors (Lipinski definition) is 0. The van der Waals surface area contributed by atoms with Crippen molar-refractivity contribution in [1.29, 1.82) is 0 Å². The molecule has 0 unspecified atom stereocenters. The van der Waals surface area contributed by atoms with Crippen LogP contribution in [0, 0.1) is 0 Å². The van der Waals surface area contributed by atoms with Crippen molar-refractivity contribution in [3.05, 3.63) is 53.9 Å². The lowest BCUT2D eigenvalue weighted by atomic mass is 10.1. The molecule has 0 N–H and O–H groups in total. The molecule has 0 spiro atoms. The minimum Gasteiger partial charge on any atom is -0.422 e. The third-order valence-corrected chi connectivity index (χ3v) is 4.20. The first kappa shape index (κ1) is 15.2. The predicted molar refractivity (Wildman–Crippen MR) is 89.6 cm³/mol. The van der Waals surface area contributed by atoms with E-state index in [9.17, 15) is 0 Å². The number of rotatable bonds is 3. The van der Waals surface area contributed by atoms with Gasteiger partial charge in [-0.15, -0.1) is 10.2 Å². The minimum atomic E-state index is -0.158. The largest absolute Gasteiger partial charge is 0.422 e. The number of benzene rings is 1. The maximum atomic E-state index is 5.91. The topological polar surface area (TPSA) is 64.3 Å². The quantitative estimate of drug-likeness (QED) is 0.738. The first-order valence-electron chi connectivity index (χ1n) is 8.17. The van der Waals surface area contributed by atoms with Crippen molar-refractivity contribution in [1.82, 2.24) is 20.1 Å². The molecule has 124 valence electrons. The van der Waals surface area contributed by atoms with Crippen LogP contribution in [0.15, 0.2) is 40.9 Å². The van der Waals surface area contributed by atoms with E-state index >= 15 is 0 Å². The Morgan fingerprint density at radius 2 is 2.08 bits per heavy atom. The van der Waals surface area contributed by atoms with Crippen molar-refractivity contribution in [3.8, 4) is 0 Å². The number of morpholine rings is 1. The van der Waals surface area contributed by atoms with Crippen LogP contribution >= 0.6 is 0 Å². The Morgan fingerprint density at radius 1 is 1.21 bits per heavy atom. The number of hydrogen-bond acceptors (Lipinski definition) is 6. The van der Waals surface area contributed by atoms with Crippen LogP contribution in [0.2, 0.25) is 0 Å². The van der Waals surface area contributed by atoms with E-state index in [0.717, 1.165) is 29.6 Å². The number of ether oxygens (including phenoxy) is 1. The van der Waals surface area contributed by atoms with Gasteiger partial charge in [-0.25, -0.2) is 0 Å². The lowest BCUT2D eigenvalue weighted by Gasteiger charge is -2.32. The summed E-state index contributed by atoms with van der Waals surface area (Å²) in [5.74, 6) is 1.14. The van der Waals surface area contributed by atoms with E-state index < -0.39 is 0 Å². The maximum Gasteiger partial charge on any atom is 0.246 e. The van der Waals surface area contributed by atoms with Gasteiger partial charge in [0.25, 0.3) is 0 Å². The summed E-state index contributed by atoms with van der Waals surface area (Å²) in [5.41, 5.74) is 2.04. The molecule has 1 saturated heterocycles. The number of aromatic nitrogens is 3. The molecule has 4 rings (SSSR count). The Hall–Kier alpha value is -2.31. The average molecular weight is 324 g/mol. The number of para-hydroxylation sites is 1. The molecule has 3 heterocycles. The monoisotopic (exact) mass is 324 g/mol. The maximum absolute atomic E-state index is 5.91. The van der Waals surface area contributed by atoms with Crippen LogP contribution in [0.25, 0.3) is 10.9 Å². The summed E-state index contributed by atoms with van der Waals surface area (Å²) in [6.45, 7) is 3.74. The molecular formula is C18H20N4O2. The van der Waals surface area contributed by atoms with Crippen LogP contribution in [0.1, 0.15) is 30.4 Å². The summed E-state index contributed by atoms with van der Waals surface area (Å²) in [4.78, 5) is 6.69. The second kappa shape index (κ2) is 6.30. The van der Waals surface area contributed by atoms with E-state index in [1.54, 1.807) is 0 Å². The smallest absolute Gasteiger partial charge is 0.246 e. The Kier molecular flexibility index (Phi) is 4.00. The first-order valence-corrected chi connectivity index (χ1v) is 8.17. The van der Waals surface area contributed by atoms with Gasteiger partial charge >= 0.3 is 0 Å². The average Bonchev–Trinajstić information content (AvgIpc) is 3.02. The lowest BCUT2D eigenvalue weighted by molar-refractivity contribution is -0.0825. The summed E-state index contributed by atoms with van der Waals surface area (Å²) in [6.07, 6.45) is 2.44. The molecule has 0 aliphatic carbocycles. The van der Waals surface area contributed by atoms with E-state index in [1.807, 2.05) is 24.4 Å². The number of likely N-dealkylation sites (N-methyl/N-ethyl adjacent to an activating group) is 1. The number of pyridine rings is 1. The molecule has 24 heavy (non-hydrogen) atoms. The highest BCUT2D eigenvalue weighted by Crippen LogP contribution is 2.24.